The van der Waals surface area contributed by atoms with Crippen molar-refractivity contribution >= 4 is 0 Å². The highest BCUT2D eigenvalue weighted by Crippen LogP contribution is 2.07. The van der Waals surface area contributed by atoms with E-state index < -0.39 is 0 Å². The zero-order chi connectivity index (χ0) is 10.5. The van der Waals surface area contributed by atoms with E-state index in [1.165, 1.54) is 12.8 Å². The molecule has 2 nitrogen and oxygen atoms in total. The lowest BCUT2D eigenvalue weighted by Crippen LogP contribution is -1.95. The second-order valence-corrected chi connectivity index (χ2v) is 3.62. The molecule has 2 aromatic rings. The average Bonchev–Trinajstić information content (AvgIpc) is 2.76. The van der Waals surface area contributed by atoms with Crippen molar-refractivity contribution in [2.45, 2.75) is 26.2 Å². The van der Waals surface area contributed by atoms with Crippen molar-refractivity contribution in [3.8, 4) is 5.69 Å². The number of unbranched alkanes of at least 4 members (excludes halogenated alkanes) is 1. The minimum atomic E-state index is 1.05. The topological polar surface area (TPSA) is 17.8 Å². The van der Waals surface area contributed by atoms with Gasteiger partial charge in [0.2, 0.25) is 0 Å². The second kappa shape index (κ2) is 4.78. The Bertz CT molecular complexity index is 403. The van der Waals surface area contributed by atoms with Crippen molar-refractivity contribution in [1.82, 2.24) is 9.78 Å². The Labute approximate surface area is 90.6 Å². The maximum absolute atomic E-state index is 4.48. The molecule has 0 saturated heterocycles. The van der Waals surface area contributed by atoms with E-state index in [2.05, 4.69) is 18.2 Å². The molecule has 2 heteroatoms. The van der Waals surface area contributed by atoms with Gasteiger partial charge in [0.05, 0.1) is 17.6 Å². The van der Waals surface area contributed by atoms with Gasteiger partial charge in [-0.3, -0.25) is 0 Å². The van der Waals surface area contributed by atoms with Crippen LogP contribution in [0.5, 0.6) is 0 Å². The number of hydrogen-bond donors (Lipinski definition) is 0. The van der Waals surface area contributed by atoms with Crippen LogP contribution in [0.15, 0.2) is 36.4 Å². The van der Waals surface area contributed by atoms with Crippen LogP contribution in [0.2, 0.25) is 0 Å². The molecule has 1 heterocycles. The zero-order valence-electron chi connectivity index (χ0n) is 8.98. The molecule has 0 fully saturated rings. The molecule has 15 heavy (non-hydrogen) atoms. The van der Waals surface area contributed by atoms with E-state index in [1.807, 2.05) is 41.1 Å². The molecule has 0 aliphatic heterocycles. The lowest BCUT2D eigenvalue weighted by Gasteiger charge is -1.99. The molecule has 0 amide bonds. The molecule has 2 rings (SSSR count). The molecule has 0 atom stereocenters. The number of nitrogens with zero attached hydrogens (tertiary/aromatic N) is 2. The van der Waals surface area contributed by atoms with Gasteiger partial charge in [0.25, 0.3) is 0 Å². The normalized spacial score (nSPS) is 10.5. The van der Waals surface area contributed by atoms with Crippen LogP contribution in [0, 0.1) is 6.20 Å². The number of rotatable bonds is 4. The highest BCUT2D eigenvalue weighted by molar-refractivity contribution is 5.30. The molecule has 1 aromatic heterocycles. The van der Waals surface area contributed by atoms with Crippen LogP contribution < -0.4 is 0 Å². The molecule has 0 bridgehead atoms. The molecule has 0 aliphatic rings. The Morgan fingerprint density at radius 2 is 2.07 bits per heavy atom. The van der Waals surface area contributed by atoms with Crippen LogP contribution >= 0.6 is 0 Å². The summed E-state index contributed by atoms with van der Waals surface area (Å²) in [6, 6.07) is 12.1. The van der Waals surface area contributed by atoms with E-state index in [1.54, 1.807) is 0 Å². The second-order valence-electron chi connectivity index (χ2n) is 3.62. The van der Waals surface area contributed by atoms with Crippen LogP contribution in [0.4, 0.5) is 0 Å². The Morgan fingerprint density at radius 1 is 1.27 bits per heavy atom. The van der Waals surface area contributed by atoms with E-state index in [0.29, 0.717) is 0 Å². The number of aryl methyl sites for hydroxylation is 1. The van der Waals surface area contributed by atoms with Gasteiger partial charge < -0.3 is 0 Å². The maximum atomic E-state index is 4.48. The quantitative estimate of drug-likeness (QED) is 0.740. The summed E-state index contributed by atoms with van der Waals surface area (Å²) in [4.78, 5) is 0. The van der Waals surface area contributed by atoms with Gasteiger partial charge >= 0.3 is 0 Å². The third-order valence-corrected chi connectivity index (χ3v) is 2.37. The molecule has 77 valence electrons. The minimum absolute atomic E-state index is 1.05. The fourth-order valence-corrected chi connectivity index (χ4v) is 1.50. The van der Waals surface area contributed by atoms with Crippen LogP contribution in [-0.4, -0.2) is 9.78 Å². The van der Waals surface area contributed by atoms with Crippen molar-refractivity contribution in [3.05, 3.63) is 48.3 Å². The zero-order valence-corrected chi connectivity index (χ0v) is 8.98. The summed E-state index contributed by atoms with van der Waals surface area (Å²) >= 11 is 0. The van der Waals surface area contributed by atoms with Gasteiger partial charge in [-0.25, -0.2) is 4.68 Å². The highest BCUT2D eigenvalue weighted by Gasteiger charge is 2.00. The third kappa shape index (κ3) is 2.46. The summed E-state index contributed by atoms with van der Waals surface area (Å²) in [6.45, 7) is 2.19. The molecule has 0 N–H and O–H groups in total. The van der Waals surface area contributed by atoms with Crippen LogP contribution in [0.1, 0.15) is 25.5 Å². The predicted molar refractivity (Wildman–Crippen MR) is 61.0 cm³/mol. The Hall–Kier alpha value is -1.57. The van der Waals surface area contributed by atoms with Crippen molar-refractivity contribution in [3.63, 3.8) is 0 Å². The Balaban J connectivity index is 2.14. The molecule has 0 spiro atoms. The maximum Gasteiger partial charge on any atom is 0.0929 e. The van der Waals surface area contributed by atoms with Gasteiger partial charge in [-0.2, -0.15) is 5.10 Å². The van der Waals surface area contributed by atoms with Gasteiger partial charge in [-0.15, -0.1) is 0 Å². The van der Waals surface area contributed by atoms with Gasteiger partial charge in [0, 0.05) is 0 Å². The lowest BCUT2D eigenvalue weighted by molar-refractivity contribution is 0.751. The number of aromatic nitrogens is 2. The molecular formula is C13H15N2. The lowest BCUT2D eigenvalue weighted by atomic mass is 10.2. The Kier molecular flexibility index (Phi) is 3.18. The van der Waals surface area contributed by atoms with Crippen molar-refractivity contribution in [1.29, 1.82) is 0 Å². The first kappa shape index (κ1) is 9.97. The first-order valence-electron chi connectivity index (χ1n) is 5.42. The molecule has 0 unspecified atom stereocenters. The number of para-hydroxylation sites is 1. The van der Waals surface area contributed by atoms with Crippen molar-refractivity contribution in [2.75, 3.05) is 0 Å². The molecule has 1 radical (unpaired) electrons. The monoisotopic (exact) mass is 199 g/mol. The van der Waals surface area contributed by atoms with E-state index >= 15 is 0 Å². The minimum Gasteiger partial charge on any atom is -0.231 e. The summed E-state index contributed by atoms with van der Waals surface area (Å²) < 4.78 is 1.81. The molecule has 0 saturated carbocycles. The molecule has 0 aliphatic carbocycles. The van der Waals surface area contributed by atoms with Crippen molar-refractivity contribution < 1.29 is 0 Å². The highest BCUT2D eigenvalue weighted by atomic mass is 15.3. The summed E-state index contributed by atoms with van der Waals surface area (Å²) in [7, 11) is 0. The summed E-state index contributed by atoms with van der Waals surface area (Å²) in [6.07, 6.45) is 6.59. The van der Waals surface area contributed by atoms with Gasteiger partial charge in [0.15, 0.2) is 0 Å². The van der Waals surface area contributed by atoms with Crippen LogP contribution in [-0.2, 0) is 6.42 Å². The Morgan fingerprint density at radius 3 is 2.80 bits per heavy atom. The summed E-state index contributed by atoms with van der Waals surface area (Å²) in [5.41, 5.74) is 2.20. The third-order valence-electron chi connectivity index (χ3n) is 2.37. The number of hydrogen-bond acceptors (Lipinski definition) is 1. The molecular weight excluding hydrogens is 184 g/mol. The van der Waals surface area contributed by atoms with E-state index in [0.717, 1.165) is 17.8 Å². The SMILES string of the molecule is CCCCc1c[c]n(-c2ccccc2)n1. The molecule has 1 aromatic carbocycles. The van der Waals surface area contributed by atoms with E-state index in [4.69, 9.17) is 0 Å². The standard InChI is InChI=1S/C13H15N2/c1-2-3-7-12-10-11-15(14-12)13-8-5-4-6-9-13/h4-6,8-10H,2-3,7H2,1H3. The van der Waals surface area contributed by atoms with Gasteiger partial charge in [0.1, 0.15) is 0 Å². The summed E-state index contributed by atoms with van der Waals surface area (Å²) in [5.74, 6) is 0. The largest absolute Gasteiger partial charge is 0.231 e. The average molecular weight is 199 g/mol. The number of benzene rings is 1. The fourth-order valence-electron chi connectivity index (χ4n) is 1.50. The fraction of sp³-hybridized carbons (Fsp3) is 0.308. The van der Waals surface area contributed by atoms with Crippen molar-refractivity contribution in [2.24, 2.45) is 0 Å². The van der Waals surface area contributed by atoms with E-state index in [9.17, 15) is 0 Å². The van der Waals surface area contributed by atoms with Gasteiger partial charge in [-0.05, 0) is 31.0 Å². The van der Waals surface area contributed by atoms with Crippen LogP contribution in [0.3, 0.4) is 0 Å². The predicted octanol–water partition coefficient (Wildman–Crippen LogP) is 3.02. The summed E-state index contributed by atoms with van der Waals surface area (Å²) in [5, 5.41) is 4.48. The first-order valence-corrected chi connectivity index (χ1v) is 5.42. The smallest absolute Gasteiger partial charge is 0.0929 e. The van der Waals surface area contributed by atoms with Gasteiger partial charge in [-0.1, -0.05) is 31.5 Å². The van der Waals surface area contributed by atoms with E-state index in [-0.39, 0.29) is 0 Å². The first-order chi connectivity index (χ1) is 7.40. The van der Waals surface area contributed by atoms with Crippen LogP contribution in [0.25, 0.3) is 5.69 Å².